The summed E-state index contributed by atoms with van der Waals surface area (Å²) in [5.74, 6) is 0.622. The van der Waals surface area contributed by atoms with Crippen LogP contribution in [0.2, 0.25) is 0 Å². The SMILES string of the molecule is C/C=C1/c2ccc(C)cc2OC(=O)N1c1ccc(C)cc1. The fraction of sp³-hybridized carbons (Fsp3) is 0.167. The van der Waals surface area contributed by atoms with Crippen molar-refractivity contribution < 1.29 is 9.53 Å². The Morgan fingerprint density at radius 3 is 2.33 bits per heavy atom. The van der Waals surface area contributed by atoms with Crippen molar-refractivity contribution in [3.05, 3.63) is 65.2 Å². The normalized spacial score (nSPS) is 15.9. The maximum absolute atomic E-state index is 12.4. The Morgan fingerprint density at radius 2 is 1.67 bits per heavy atom. The number of anilines is 1. The van der Waals surface area contributed by atoms with Gasteiger partial charge >= 0.3 is 6.09 Å². The minimum Gasteiger partial charge on any atom is -0.409 e. The number of hydrogen-bond acceptors (Lipinski definition) is 2. The highest BCUT2D eigenvalue weighted by atomic mass is 16.6. The van der Waals surface area contributed by atoms with Gasteiger partial charge in [0, 0.05) is 5.56 Å². The van der Waals surface area contributed by atoms with Gasteiger partial charge in [0.25, 0.3) is 0 Å². The molecule has 21 heavy (non-hydrogen) atoms. The van der Waals surface area contributed by atoms with Crippen LogP contribution in [0.5, 0.6) is 5.75 Å². The van der Waals surface area contributed by atoms with Gasteiger partial charge in [-0.05, 0) is 50.6 Å². The molecule has 0 atom stereocenters. The molecule has 2 aromatic carbocycles. The highest BCUT2D eigenvalue weighted by Gasteiger charge is 2.30. The molecule has 0 unspecified atom stereocenters. The molecule has 1 amide bonds. The number of ether oxygens (including phenoxy) is 1. The molecule has 1 aliphatic heterocycles. The molecule has 3 rings (SSSR count). The highest BCUT2D eigenvalue weighted by Crippen LogP contribution is 2.37. The van der Waals surface area contributed by atoms with Crippen molar-refractivity contribution in [1.29, 1.82) is 0 Å². The largest absolute Gasteiger partial charge is 0.424 e. The van der Waals surface area contributed by atoms with Crippen LogP contribution in [-0.4, -0.2) is 6.09 Å². The number of nitrogens with zero attached hydrogens (tertiary/aromatic N) is 1. The zero-order chi connectivity index (χ0) is 15.0. The Kier molecular flexibility index (Phi) is 3.26. The molecular formula is C18H17NO2. The van der Waals surface area contributed by atoms with Crippen LogP contribution >= 0.6 is 0 Å². The van der Waals surface area contributed by atoms with Gasteiger partial charge in [0.1, 0.15) is 5.75 Å². The zero-order valence-electron chi connectivity index (χ0n) is 12.4. The molecule has 0 radical (unpaired) electrons. The number of allylic oxidation sites excluding steroid dienone is 1. The second-order valence-electron chi connectivity index (χ2n) is 5.21. The summed E-state index contributed by atoms with van der Waals surface area (Å²) in [7, 11) is 0. The molecule has 0 bridgehead atoms. The first kappa shape index (κ1) is 13.4. The smallest absolute Gasteiger partial charge is 0.409 e. The minimum atomic E-state index is -0.370. The molecule has 0 saturated carbocycles. The van der Waals surface area contributed by atoms with Crippen LogP contribution in [0.15, 0.2) is 48.5 Å². The third kappa shape index (κ3) is 2.31. The van der Waals surface area contributed by atoms with Gasteiger partial charge in [0.15, 0.2) is 0 Å². The van der Waals surface area contributed by atoms with Crippen LogP contribution in [0.4, 0.5) is 10.5 Å². The van der Waals surface area contributed by atoms with Gasteiger partial charge < -0.3 is 4.74 Å². The van der Waals surface area contributed by atoms with E-state index in [1.165, 1.54) is 0 Å². The Labute approximate surface area is 124 Å². The second kappa shape index (κ2) is 5.09. The number of hydrogen-bond donors (Lipinski definition) is 0. The van der Waals surface area contributed by atoms with E-state index in [1.807, 2.05) is 69.3 Å². The van der Waals surface area contributed by atoms with Gasteiger partial charge in [-0.25, -0.2) is 9.69 Å². The summed E-state index contributed by atoms with van der Waals surface area (Å²) in [4.78, 5) is 14.0. The van der Waals surface area contributed by atoms with Crippen LogP contribution in [0, 0.1) is 13.8 Å². The summed E-state index contributed by atoms with van der Waals surface area (Å²) in [6, 6.07) is 13.7. The van der Waals surface area contributed by atoms with Crippen molar-refractivity contribution in [2.45, 2.75) is 20.8 Å². The number of rotatable bonds is 1. The Morgan fingerprint density at radius 1 is 1.00 bits per heavy atom. The van der Waals surface area contributed by atoms with E-state index in [1.54, 1.807) is 4.90 Å². The average molecular weight is 279 g/mol. The fourth-order valence-corrected chi connectivity index (χ4v) is 2.51. The minimum absolute atomic E-state index is 0.370. The summed E-state index contributed by atoms with van der Waals surface area (Å²) in [5, 5.41) is 0. The van der Waals surface area contributed by atoms with Crippen LogP contribution in [-0.2, 0) is 0 Å². The molecule has 1 heterocycles. The summed E-state index contributed by atoms with van der Waals surface area (Å²) in [5.41, 5.74) is 4.82. The van der Waals surface area contributed by atoms with Gasteiger partial charge in [-0.1, -0.05) is 29.8 Å². The van der Waals surface area contributed by atoms with Crippen molar-refractivity contribution in [2.75, 3.05) is 4.90 Å². The van der Waals surface area contributed by atoms with Crippen molar-refractivity contribution in [1.82, 2.24) is 0 Å². The average Bonchev–Trinajstić information content (AvgIpc) is 2.46. The first-order chi connectivity index (χ1) is 10.1. The Bertz CT molecular complexity index is 729. The third-order valence-corrected chi connectivity index (χ3v) is 3.60. The van der Waals surface area contributed by atoms with Crippen LogP contribution < -0.4 is 9.64 Å². The Hall–Kier alpha value is -2.55. The first-order valence-electron chi connectivity index (χ1n) is 6.96. The monoisotopic (exact) mass is 279 g/mol. The molecule has 3 heteroatoms. The molecule has 0 aromatic heterocycles. The maximum atomic E-state index is 12.4. The molecular weight excluding hydrogens is 262 g/mol. The molecule has 0 N–H and O–H groups in total. The predicted octanol–water partition coefficient (Wildman–Crippen LogP) is 4.68. The lowest BCUT2D eigenvalue weighted by molar-refractivity contribution is 0.208. The summed E-state index contributed by atoms with van der Waals surface area (Å²) >= 11 is 0. The fourth-order valence-electron chi connectivity index (χ4n) is 2.51. The second-order valence-corrected chi connectivity index (χ2v) is 5.21. The molecule has 1 aliphatic rings. The molecule has 2 aromatic rings. The Balaban J connectivity index is 2.12. The van der Waals surface area contributed by atoms with Gasteiger partial charge in [-0.3, -0.25) is 0 Å². The zero-order valence-corrected chi connectivity index (χ0v) is 12.4. The summed E-state index contributed by atoms with van der Waals surface area (Å²) in [6.07, 6.45) is 1.57. The number of carbonyl (C=O) groups is 1. The molecule has 0 saturated heterocycles. The van der Waals surface area contributed by atoms with E-state index < -0.39 is 0 Å². The van der Waals surface area contributed by atoms with E-state index in [0.717, 1.165) is 28.1 Å². The lowest BCUT2D eigenvalue weighted by atomic mass is 10.0. The van der Waals surface area contributed by atoms with Crippen molar-refractivity contribution in [3.63, 3.8) is 0 Å². The van der Waals surface area contributed by atoms with E-state index in [9.17, 15) is 4.79 Å². The van der Waals surface area contributed by atoms with Gasteiger partial charge in [0.05, 0.1) is 11.4 Å². The number of amides is 1. The number of benzene rings is 2. The van der Waals surface area contributed by atoms with E-state index in [-0.39, 0.29) is 6.09 Å². The van der Waals surface area contributed by atoms with E-state index in [4.69, 9.17) is 4.74 Å². The number of carbonyl (C=O) groups excluding carboxylic acids is 1. The van der Waals surface area contributed by atoms with E-state index >= 15 is 0 Å². The van der Waals surface area contributed by atoms with Crippen molar-refractivity contribution in [3.8, 4) is 5.75 Å². The molecule has 3 nitrogen and oxygen atoms in total. The third-order valence-electron chi connectivity index (χ3n) is 3.60. The van der Waals surface area contributed by atoms with Crippen LogP contribution in [0.1, 0.15) is 23.6 Å². The standard InChI is InChI=1S/C18H17NO2/c1-4-16-15-10-7-13(3)11-17(15)21-18(20)19(16)14-8-5-12(2)6-9-14/h4-11H,1-3H3/b16-4-. The van der Waals surface area contributed by atoms with Gasteiger partial charge in [-0.15, -0.1) is 0 Å². The number of aryl methyl sites for hydroxylation is 2. The predicted molar refractivity (Wildman–Crippen MR) is 84.5 cm³/mol. The van der Waals surface area contributed by atoms with Crippen molar-refractivity contribution in [2.24, 2.45) is 0 Å². The maximum Gasteiger partial charge on any atom is 0.424 e. The van der Waals surface area contributed by atoms with Gasteiger partial charge in [-0.2, -0.15) is 0 Å². The molecule has 0 spiro atoms. The van der Waals surface area contributed by atoms with Crippen LogP contribution in [0.3, 0.4) is 0 Å². The van der Waals surface area contributed by atoms with Crippen molar-refractivity contribution >= 4 is 17.5 Å². The lowest BCUT2D eigenvalue weighted by Gasteiger charge is -2.30. The van der Waals surface area contributed by atoms with Crippen LogP contribution in [0.25, 0.3) is 5.70 Å². The van der Waals surface area contributed by atoms with Gasteiger partial charge in [0.2, 0.25) is 0 Å². The first-order valence-corrected chi connectivity index (χ1v) is 6.96. The topological polar surface area (TPSA) is 29.5 Å². The number of fused-ring (bicyclic) bond motifs is 1. The quantitative estimate of drug-likeness (QED) is 0.758. The summed E-state index contributed by atoms with van der Waals surface area (Å²) in [6.45, 7) is 5.93. The molecule has 0 aliphatic carbocycles. The summed E-state index contributed by atoms with van der Waals surface area (Å²) < 4.78 is 5.49. The molecule has 106 valence electrons. The molecule has 0 fully saturated rings. The highest BCUT2D eigenvalue weighted by molar-refractivity contribution is 6.06. The lowest BCUT2D eigenvalue weighted by Crippen LogP contribution is -2.36. The van der Waals surface area contributed by atoms with E-state index in [2.05, 4.69) is 0 Å². The van der Waals surface area contributed by atoms with E-state index in [0.29, 0.717) is 5.75 Å².